The molecule has 0 saturated heterocycles. The van der Waals surface area contributed by atoms with Gasteiger partial charge in [0.25, 0.3) is 0 Å². The van der Waals surface area contributed by atoms with Gasteiger partial charge < -0.3 is 9.90 Å². The van der Waals surface area contributed by atoms with Crippen LogP contribution in [-0.4, -0.2) is 41.4 Å². The second kappa shape index (κ2) is 7.54. The number of nitrogens with zero attached hydrogens (tertiary/aromatic N) is 1. The molecule has 1 fully saturated rings. The van der Waals surface area contributed by atoms with Gasteiger partial charge in [0.2, 0.25) is 0 Å². The SMILES string of the molecule is CC(C)CN(CC(=O)O)C1CC(C=O)C(c2ccccc2)C1. The maximum atomic E-state index is 11.5. The van der Waals surface area contributed by atoms with Crippen molar-refractivity contribution in [1.29, 1.82) is 0 Å². The van der Waals surface area contributed by atoms with Crippen LogP contribution in [0.15, 0.2) is 30.3 Å². The molecule has 3 unspecified atom stereocenters. The molecule has 2 rings (SSSR count). The number of aliphatic carboxylic acids is 1. The number of aldehydes is 1. The molecule has 1 aliphatic rings. The molecule has 4 nitrogen and oxygen atoms in total. The van der Waals surface area contributed by atoms with Crippen molar-refractivity contribution >= 4 is 12.3 Å². The Morgan fingerprint density at radius 3 is 2.55 bits per heavy atom. The molecule has 0 radical (unpaired) electrons. The van der Waals surface area contributed by atoms with Crippen LogP contribution in [0.3, 0.4) is 0 Å². The predicted molar refractivity (Wildman–Crippen MR) is 85.8 cm³/mol. The molecule has 120 valence electrons. The molecule has 0 spiro atoms. The molecule has 0 amide bonds. The zero-order chi connectivity index (χ0) is 16.1. The molecule has 1 aromatic carbocycles. The van der Waals surface area contributed by atoms with Gasteiger partial charge in [0.15, 0.2) is 0 Å². The van der Waals surface area contributed by atoms with Crippen LogP contribution in [0.2, 0.25) is 0 Å². The smallest absolute Gasteiger partial charge is 0.317 e. The Bertz CT molecular complexity index is 500. The van der Waals surface area contributed by atoms with Crippen molar-refractivity contribution in [2.24, 2.45) is 11.8 Å². The summed E-state index contributed by atoms with van der Waals surface area (Å²) in [5, 5.41) is 9.15. The van der Waals surface area contributed by atoms with Crippen molar-refractivity contribution in [3.8, 4) is 0 Å². The second-order valence-corrected chi connectivity index (χ2v) is 6.66. The number of carbonyl (C=O) groups is 2. The second-order valence-electron chi connectivity index (χ2n) is 6.66. The average Bonchev–Trinajstić information content (AvgIpc) is 2.90. The van der Waals surface area contributed by atoms with E-state index >= 15 is 0 Å². The molecule has 1 saturated carbocycles. The molecule has 3 atom stereocenters. The third-order valence-electron chi connectivity index (χ3n) is 4.44. The summed E-state index contributed by atoms with van der Waals surface area (Å²) in [4.78, 5) is 24.6. The lowest BCUT2D eigenvalue weighted by molar-refractivity contribution is -0.139. The van der Waals surface area contributed by atoms with Crippen LogP contribution in [0.1, 0.15) is 38.2 Å². The summed E-state index contributed by atoms with van der Waals surface area (Å²) in [5.41, 5.74) is 1.18. The van der Waals surface area contributed by atoms with Gasteiger partial charge in [-0.15, -0.1) is 0 Å². The zero-order valence-electron chi connectivity index (χ0n) is 13.3. The summed E-state index contributed by atoms with van der Waals surface area (Å²) in [6, 6.07) is 10.3. The molecular formula is C18H25NO3. The fourth-order valence-electron chi connectivity index (χ4n) is 3.56. The van der Waals surface area contributed by atoms with Gasteiger partial charge in [-0.3, -0.25) is 9.69 Å². The van der Waals surface area contributed by atoms with E-state index in [0.717, 1.165) is 25.7 Å². The van der Waals surface area contributed by atoms with Crippen molar-refractivity contribution in [3.63, 3.8) is 0 Å². The minimum atomic E-state index is -0.800. The van der Waals surface area contributed by atoms with Crippen LogP contribution < -0.4 is 0 Å². The van der Waals surface area contributed by atoms with Crippen LogP contribution in [-0.2, 0) is 9.59 Å². The first-order chi connectivity index (χ1) is 10.5. The highest BCUT2D eigenvalue weighted by Gasteiger charge is 2.38. The van der Waals surface area contributed by atoms with E-state index in [2.05, 4.69) is 26.0 Å². The van der Waals surface area contributed by atoms with Gasteiger partial charge in [-0.05, 0) is 30.2 Å². The summed E-state index contributed by atoms with van der Waals surface area (Å²) in [7, 11) is 0. The molecule has 0 aliphatic heterocycles. The highest BCUT2D eigenvalue weighted by Crippen LogP contribution is 2.40. The Morgan fingerprint density at radius 2 is 2.00 bits per heavy atom. The molecule has 1 N–H and O–H groups in total. The van der Waals surface area contributed by atoms with E-state index in [0.29, 0.717) is 5.92 Å². The standard InChI is InChI=1S/C18H25NO3/c1-13(2)10-19(11-18(21)22)16-8-15(12-20)17(9-16)14-6-4-3-5-7-14/h3-7,12-13,15-17H,8-11H2,1-2H3,(H,21,22). The lowest BCUT2D eigenvalue weighted by Gasteiger charge is -2.29. The third-order valence-corrected chi connectivity index (χ3v) is 4.44. The Labute approximate surface area is 132 Å². The van der Waals surface area contributed by atoms with E-state index in [4.69, 9.17) is 5.11 Å². The minimum absolute atomic E-state index is 0.0177. The highest BCUT2D eigenvalue weighted by atomic mass is 16.4. The fourth-order valence-corrected chi connectivity index (χ4v) is 3.56. The molecule has 1 aromatic rings. The highest BCUT2D eigenvalue weighted by molar-refractivity contribution is 5.69. The quantitative estimate of drug-likeness (QED) is 0.787. The van der Waals surface area contributed by atoms with Gasteiger partial charge in [0.1, 0.15) is 6.29 Å². The fraction of sp³-hybridized carbons (Fsp3) is 0.556. The number of rotatable bonds is 7. The van der Waals surface area contributed by atoms with Crippen molar-refractivity contribution < 1.29 is 14.7 Å². The Hall–Kier alpha value is -1.68. The summed E-state index contributed by atoms with van der Waals surface area (Å²) >= 11 is 0. The summed E-state index contributed by atoms with van der Waals surface area (Å²) in [6.45, 7) is 4.99. The maximum Gasteiger partial charge on any atom is 0.317 e. The number of carbonyl (C=O) groups excluding carboxylic acids is 1. The maximum absolute atomic E-state index is 11.5. The average molecular weight is 303 g/mol. The molecule has 0 bridgehead atoms. The topological polar surface area (TPSA) is 57.6 Å². The monoisotopic (exact) mass is 303 g/mol. The number of hydrogen-bond acceptors (Lipinski definition) is 3. The largest absolute Gasteiger partial charge is 0.480 e. The normalized spacial score (nSPS) is 24.8. The van der Waals surface area contributed by atoms with Gasteiger partial charge in [0, 0.05) is 18.5 Å². The van der Waals surface area contributed by atoms with Crippen molar-refractivity contribution in [2.75, 3.05) is 13.1 Å². The van der Waals surface area contributed by atoms with Crippen molar-refractivity contribution in [2.45, 2.75) is 38.6 Å². The predicted octanol–water partition coefficient (Wildman–Crippen LogP) is 2.79. The number of benzene rings is 1. The first-order valence-electron chi connectivity index (χ1n) is 7.97. The Kier molecular flexibility index (Phi) is 5.72. The lowest BCUT2D eigenvalue weighted by Crippen LogP contribution is -2.40. The third kappa shape index (κ3) is 4.17. The molecule has 1 aliphatic carbocycles. The van der Waals surface area contributed by atoms with Crippen LogP contribution in [0.5, 0.6) is 0 Å². The van der Waals surface area contributed by atoms with Crippen LogP contribution in [0, 0.1) is 11.8 Å². The van der Waals surface area contributed by atoms with Crippen molar-refractivity contribution in [3.05, 3.63) is 35.9 Å². The summed E-state index contributed by atoms with van der Waals surface area (Å²) in [5.74, 6) is -0.209. The van der Waals surface area contributed by atoms with Gasteiger partial charge in [-0.1, -0.05) is 44.2 Å². The number of hydrogen-bond donors (Lipinski definition) is 1. The summed E-state index contributed by atoms with van der Waals surface area (Å²) in [6.07, 6.45) is 2.66. The first kappa shape index (κ1) is 16.7. The van der Waals surface area contributed by atoms with E-state index in [9.17, 15) is 9.59 Å². The Morgan fingerprint density at radius 1 is 1.32 bits per heavy atom. The van der Waals surface area contributed by atoms with E-state index in [-0.39, 0.29) is 24.4 Å². The van der Waals surface area contributed by atoms with E-state index in [1.165, 1.54) is 5.56 Å². The molecule has 0 heterocycles. The molecule has 0 aromatic heterocycles. The van der Waals surface area contributed by atoms with Crippen molar-refractivity contribution in [1.82, 2.24) is 4.90 Å². The van der Waals surface area contributed by atoms with E-state index < -0.39 is 5.97 Å². The minimum Gasteiger partial charge on any atom is -0.480 e. The van der Waals surface area contributed by atoms with E-state index in [1.54, 1.807) is 0 Å². The van der Waals surface area contributed by atoms with Crippen LogP contribution in [0.4, 0.5) is 0 Å². The lowest BCUT2D eigenvalue weighted by atomic mass is 9.90. The van der Waals surface area contributed by atoms with Gasteiger partial charge in [-0.25, -0.2) is 0 Å². The first-order valence-corrected chi connectivity index (χ1v) is 7.97. The number of carboxylic acid groups (broad SMARTS) is 1. The van der Waals surface area contributed by atoms with Gasteiger partial charge in [-0.2, -0.15) is 0 Å². The molecular weight excluding hydrogens is 278 g/mol. The zero-order valence-corrected chi connectivity index (χ0v) is 13.3. The van der Waals surface area contributed by atoms with Gasteiger partial charge >= 0.3 is 5.97 Å². The number of carboxylic acids is 1. The van der Waals surface area contributed by atoms with E-state index in [1.807, 2.05) is 23.1 Å². The Balaban J connectivity index is 2.14. The van der Waals surface area contributed by atoms with Crippen LogP contribution in [0.25, 0.3) is 0 Å². The summed E-state index contributed by atoms with van der Waals surface area (Å²) < 4.78 is 0. The van der Waals surface area contributed by atoms with Crippen LogP contribution >= 0.6 is 0 Å². The molecule has 4 heteroatoms. The van der Waals surface area contributed by atoms with Gasteiger partial charge in [0.05, 0.1) is 6.54 Å². The molecule has 22 heavy (non-hydrogen) atoms.